The first-order chi connectivity index (χ1) is 8.16. The molecule has 0 N–H and O–H groups in total. The highest BCUT2D eigenvalue weighted by Crippen LogP contribution is 2.43. The first-order valence-electron chi connectivity index (χ1n) is 5.45. The Morgan fingerprint density at radius 3 is 2.11 bits per heavy atom. The molecule has 0 heterocycles. The molecule has 0 amide bonds. The molecule has 0 bridgehead atoms. The summed E-state index contributed by atoms with van der Waals surface area (Å²) in [6, 6.07) is 17.0. The van der Waals surface area contributed by atoms with Gasteiger partial charge in [-0.15, -0.1) is 0 Å². The Hall–Kier alpha value is -1.31. The van der Waals surface area contributed by atoms with Crippen molar-refractivity contribution in [1.29, 1.82) is 0 Å². The van der Waals surface area contributed by atoms with Gasteiger partial charge in [0.15, 0.2) is 0 Å². The first kappa shape index (κ1) is 14.8. The summed E-state index contributed by atoms with van der Waals surface area (Å²) < 4.78 is 18.2. The Balaban J connectivity index is 0.00000162. The van der Waals surface area contributed by atoms with E-state index in [4.69, 9.17) is 4.52 Å². The molecule has 2 nitrogen and oxygen atoms in total. The van der Waals surface area contributed by atoms with E-state index in [9.17, 15) is 4.57 Å². The Morgan fingerprint density at radius 2 is 1.56 bits per heavy atom. The fraction of sp³-hybridized carbons (Fsp3) is 0.143. The minimum absolute atomic E-state index is 0. The van der Waals surface area contributed by atoms with Crippen LogP contribution in [0.25, 0.3) is 0 Å². The van der Waals surface area contributed by atoms with Crippen LogP contribution in [-0.2, 0) is 9.09 Å². The van der Waals surface area contributed by atoms with Gasteiger partial charge in [0.25, 0.3) is 7.37 Å². The van der Waals surface area contributed by atoms with E-state index >= 15 is 0 Å². The summed E-state index contributed by atoms with van der Waals surface area (Å²) in [7, 11) is -1.44. The van der Waals surface area contributed by atoms with Crippen molar-refractivity contribution < 1.29 is 9.09 Å². The van der Waals surface area contributed by atoms with Crippen LogP contribution in [0.3, 0.4) is 0 Å². The second-order valence-corrected chi connectivity index (χ2v) is 6.41. The van der Waals surface area contributed by atoms with E-state index in [0.717, 1.165) is 16.2 Å². The van der Waals surface area contributed by atoms with E-state index in [1.54, 1.807) is 0 Å². The molecular weight excluding hydrogens is 242 g/mol. The van der Waals surface area contributed by atoms with Crippen molar-refractivity contribution in [2.75, 3.05) is 7.11 Å². The SMILES string of the molecule is B.COP(=O)(c1ccccc1)c1cccc(C)c1. The predicted octanol–water partition coefficient (Wildman–Crippen LogP) is 1.69. The van der Waals surface area contributed by atoms with Gasteiger partial charge in [0.05, 0.1) is 8.41 Å². The van der Waals surface area contributed by atoms with Crippen molar-refractivity contribution >= 4 is 26.4 Å². The van der Waals surface area contributed by atoms with E-state index in [1.165, 1.54) is 7.11 Å². The zero-order valence-electron chi connectivity index (χ0n) is 9.96. The van der Waals surface area contributed by atoms with Crippen LogP contribution < -0.4 is 10.6 Å². The highest BCUT2D eigenvalue weighted by Gasteiger charge is 2.26. The number of benzene rings is 2. The van der Waals surface area contributed by atoms with E-state index in [2.05, 4.69) is 0 Å². The molecule has 4 heteroatoms. The van der Waals surface area contributed by atoms with Gasteiger partial charge in [0.2, 0.25) is 0 Å². The third-order valence-electron chi connectivity index (χ3n) is 2.69. The number of hydrogen-bond acceptors (Lipinski definition) is 2. The molecule has 0 radical (unpaired) electrons. The Kier molecular flexibility index (Phi) is 4.95. The van der Waals surface area contributed by atoms with Crippen LogP contribution in [0.4, 0.5) is 0 Å². The van der Waals surface area contributed by atoms with Crippen LogP contribution in [0.2, 0.25) is 0 Å². The lowest BCUT2D eigenvalue weighted by Crippen LogP contribution is -2.17. The minimum Gasteiger partial charge on any atom is -0.325 e. The largest absolute Gasteiger partial charge is 0.325 e. The van der Waals surface area contributed by atoms with Gasteiger partial charge in [0, 0.05) is 17.7 Å². The molecule has 0 spiro atoms. The smallest absolute Gasteiger partial charge is 0.261 e. The zero-order chi connectivity index (χ0) is 12.3. The minimum atomic E-state index is -2.93. The fourth-order valence-electron chi connectivity index (χ4n) is 1.80. The molecule has 0 saturated heterocycles. The monoisotopic (exact) mass is 260 g/mol. The molecule has 0 aliphatic heterocycles. The van der Waals surface area contributed by atoms with Gasteiger partial charge in [-0.1, -0.05) is 35.9 Å². The Labute approximate surface area is 110 Å². The van der Waals surface area contributed by atoms with E-state index in [0.29, 0.717) is 0 Å². The van der Waals surface area contributed by atoms with Crippen LogP contribution in [-0.4, -0.2) is 15.5 Å². The molecule has 0 aliphatic carbocycles. The van der Waals surface area contributed by atoms with Crippen molar-refractivity contribution in [2.45, 2.75) is 6.92 Å². The van der Waals surface area contributed by atoms with Gasteiger partial charge in [-0.25, -0.2) is 0 Å². The number of rotatable bonds is 3. The summed E-state index contributed by atoms with van der Waals surface area (Å²) in [5.74, 6) is 0. The zero-order valence-corrected chi connectivity index (χ0v) is 10.9. The molecule has 2 aromatic carbocycles. The Morgan fingerprint density at radius 1 is 0.944 bits per heavy atom. The van der Waals surface area contributed by atoms with Crippen molar-refractivity contribution in [3.8, 4) is 0 Å². The number of hydrogen-bond donors (Lipinski definition) is 0. The third-order valence-corrected chi connectivity index (χ3v) is 5.15. The maximum atomic E-state index is 12.9. The Bertz CT molecular complexity index is 555. The summed E-state index contributed by atoms with van der Waals surface area (Å²) in [6.07, 6.45) is 0. The summed E-state index contributed by atoms with van der Waals surface area (Å²) >= 11 is 0. The topological polar surface area (TPSA) is 26.3 Å². The highest BCUT2D eigenvalue weighted by molar-refractivity contribution is 7.74. The maximum Gasteiger partial charge on any atom is 0.261 e. The van der Waals surface area contributed by atoms with Crippen molar-refractivity contribution in [3.63, 3.8) is 0 Å². The summed E-state index contributed by atoms with van der Waals surface area (Å²) in [6.45, 7) is 1.98. The third kappa shape index (κ3) is 2.74. The molecule has 0 aliphatic rings. The lowest BCUT2D eigenvalue weighted by atomic mass is 10.2. The van der Waals surface area contributed by atoms with E-state index in [-0.39, 0.29) is 8.41 Å². The van der Waals surface area contributed by atoms with Crippen LogP contribution in [0.1, 0.15) is 5.56 Å². The van der Waals surface area contributed by atoms with Gasteiger partial charge in [-0.05, 0) is 31.2 Å². The van der Waals surface area contributed by atoms with Crippen LogP contribution >= 0.6 is 7.37 Å². The van der Waals surface area contributed by atoms with Gasteiger partial charge in [-0.3, -0.25) is 4.57 Å². The average Bonchev–Trinajstić information content (AvgIpc) is 2.39. The van der Waals surface area contributed by atoms with Gasteiger partial charge in [0.1, 0.15) is 0 Å². The molecule has 1 unspecified atom stereocenters. The molecule has 2 rings (SSSR count). The number of aryl methyl sites for hydroxylation is 1. The average molecular weight is 260 g/mol. The lowest BCUT2D eigenvalue weighted by molar-refractivity contribution is 0.412. The molecule has 2 aromatic rings. The second kappa shape index (κ2) is 6.04. The predicted molar refractivity (Wildman–Crippen MR) is 81.4 cm³/mol. The highest BCUT2D eigenvalue weighted by atomic mass is 31.2. The maximum absolute atomic E-state index is 12.9. The second-order valence-electron chi connectivity index (χ2n) is 3.91. The van der Waals surface area contributed by atoms with Crippen molar-refractivity contribution in [2.24, 2.45) is 0 Å². The molecule has 0 aromatic heterocycles. The first-order valence-corrected chi connectivity index (χ1v) is 7.08. The molecule has 0 fully saturated rings. The summed E-state index contributed by atoms with van der Waals surface area (Å²) in [5.41, 5.74) is 1.08. The molecule has 1 atom stereocenters. The standard InChI is InChI=1S/C14H15O2P.BH3/c1-12-7-6-10-14(11-12)17(15,16-2)13-8-4-3-5-9-13;/h3-11H,1-2H3;1H3. The summed E-state index contributed by atoms with van der Waals surface area (Å²) in [5, 5.41) is 1.47. The lowest BCUT2D eigenvalue weighted by Gasteiger charge is -2.17. The van der Waals surface area contributed by atoms with Gasteiger partial charge >= 0.3 is 0 Å². The van der Waals surface area contributed by atoms with E-state index in [1.807, 2.05) is 61.5 Å². The normalized spacial score (nSPS) is 13.4. The quantitative estimate of drug-likeness (QED) is 0.620. The molecule has 18 heavy (non-hydrogen) atoms. The van der Waals surface area contributed by atoms with Gasteiger partial charge in [-0.2, -0.15) is 0 Å². The summed E-state index contributed by atoms with van der Waals surface area (Å²) in [4.78, 5) is 0. The van der Waals surface area contributed by atoms with Gasteiger partial charge < -0.3 is 4.52 Å². The van der Waals surface area contributed by atoms with Crippen LogP contribution in [0, 0.1) is 6.92 Å². The fourth-order valence-corrected chi connectivity index (χ4v) is 3.74. The van der Waals surface area contributed by atoms with Crippen LogP contribution in [0.5, 0.6) is 0 Å². The van der Waals surface area contributed by atoms with Crippen molar-refractivity contribution in [3.05, 3.63) is 60.2 Å². The van der Waals surface area contributed by atoms with Crippen molar-refractivity contribution in [1.82, 2.24) is 0 Å². The molecule has 94 valence electrons. The molecular formula is C14H18BO2P. The molecule has 0 saturated carbocycles. The van der Waals surface area contributed by atoms with E-state index < -0.39 is 7.37 Å². The van der Waals surface area contributed by atoms with Crippen LogP contribution in [0.15, 0.2) is 54.6 Å².